The van der Waals surface area contributed by atoms with E-state index in [1.807, 2.05) is 0 Å². The molecule has 31 heavy (non-hydrogen) atoms. The SMILES string of the molecule is CCC(C(=O)O)N1C(=O)CC[C@H](NC(=O)c2ccc(OC)c(OC3CCCC3)c2)C1=O. The Morgan fingerprint density at radius 1 is 1.19 bits per heavy atom. The predicted molar refractivity (Wildman–Crippen MR) is 110 cm³/mol. The summed E-state index contributed by atoms with van der Waals surface area (Å²) in [4.78, 5) is 50.0. The fraction of sp³-hybridized carbons (Fsp3) is 0.545. The summed E-state index contributed by atoms with van der Waals surface area (Å²) < 4.78 is 11.3. The third kappa shape index (κ3) is 4.98. The summed E-state index contributed by atoms with van der Waals surface area (Å²) in [5.41, 5.74) is 0.287. The third-order valence-electron chi connectivity index (χ3n) is 5.76. The molecule has 2 fully saturated rings. The number of methoxy groups -OCH3 is 1. The maximum Gasteiger partial charge on any atom is 0.326 e. The average Bonchev–Trinajstić information content (AvgIpc) is 3.25. The van der Waals surface area contributed by atoms with Crippen molar-refractivity contribution in [2.24, 2.45) is 0 Å². The van der Waals surface area contributed by atoms with E-state index >= 15 is 0 Å². The highest BCUT2D eigenvalue weighted by atomic mass is 16.5. The van der Waals surface area contributed by atoms with Crippen molar-refractivity contribution < 1.29 is 33.8 Å². The summed E-state index contributed by atoms with van der Waals surface area (Å²) in [6, 6.07) is 2.56. The van der Waals surface area contributed by atoms with Gasteiger partial charge >= 0.3 is 5.97 Å². The van der Waals surface area contributed by atoms with Crippen LogP contribution >= 0.6 is 0 Å². The number of nitrogens with one attached hydrogen (secondary N) is 1. The van der Waals surface area contributed by atoms with Gasteiger partial charge in [0.1, 0.15) is 12.1 Å². The number of amides is 3. The van der Waals surface area contributed by atoms with Crippen LogP contribution in [-0.4, -0.2) is 59.0 Å². The standard InChI is InChI=1S/C22H28N2O7/c1-3-16(22(28)29)24-19(25)11-9-15(21(24)27)23-20(26)13-8-10-17(30-2)18(12-13)31-14-6-4-5-7-14/h8,10,12,14-16H,3-7,9,11H2,1-2H3,(H,23,26)(H,28,29)/t15-,16?/m0/s1. The van der Waals surface area contributed by atoms with Crippen molar-refractivity contribution in [2.45, 2.75) is 70.1 Å². The van der Waals surface area contributed by atoms with Gasteiger partial charge in [-0.2, -0.15) is 0 Å². The molecule has 1 aromatic rings. The first-order valence-electron chi connectivity index (χ1n) is 10.6. The Hall–Kier alpha value is -3.10. The van der Waals surface area contributed by atoms with Gasteiger partial charge in [0.2, 0.25) is 5.91 Å². The number of carboxylic acids is 1. The Morgan fingerprint density at radius 3 is 2.52 bits per heavy atom. The molecule has 9 nitrogen and oxygen atoms in total. The van der Waals surface area contributed by atoms with Crippen molar-refractivity contribution in [3.05, 3.63) is 23.8 Å². The number of imide groups is 1. The second-order valence-corrected chi connectivity index (χ2v) is 7.82. The monoisotopic (exact) mass is 432 g/mol. The zero-order valence-corrected chi connectivity index (χ0v) is 17.8. The maximum absolute atomic E-state index is 12.8. The van der Waals surface area contributed by atoms with Gasteiger partial charge in [0, 0.05) is 12.0 Å². The normalized spacial score (nSPS) is 20.5. The Morgan fingerprint density at radius 2 is 1.90 bits per heavy atom. The lowest BCUT2D eigenvalue weighted by molar-refractivity contribution is -0.161. The lowest BCUT2D eigenvalue weighted by atomic mass is 10.00. The average molecular weight is 432 g/mol. The van der Waals surface area contributed by atoms with Gasteiger partial charge in [-0.3, -0.25) is 19.3 Å². The van der Waals surface area contributed by atoms with Crippen LogP contribution in [0, 0.1) is 0 Å². The van der Waals surface area contributed by atoms with E-state index in [9.17, 15) is 24.3 Å². The van der Waals surface area contributed by atoms with E-state index in [2.05, 4.69) is 5.32 Å². The van der Waals surface area contributed by atoms with E-state index in [0.29, 0.717) is 11.5 Å². The van der Waals surface area contributed by atoms with Crippen LogP contribution in [0.25, 0.3) is 0 Å². The largest absolute Gasteiger partial charge is 0.493 e. The fourth-order valence-corrected chi connectivity index (χ4v) is 4.07. The summed E-state index contributed by atoms with van der Waals surface area (Å²) in [7, 11) is 1.52. The number of piperidine rings is 1. The van der Waals surface area contributed by atoms with Crippen LogP contribution in [0.2, 0.25) is 0 Å². The summed E-state index contributed by atoms with van der Waals surface area (Å²) in [5.74, 6) is -2.02. The van der Waals surface area contributed by atoms with Gasteiger partial charge in [-0.15, -0.1) is 0 Å². The highest BCUT2D eigenvalue weighted by molar-refractivity contribution is 6.06. The van der Waals surface area contributed by atoms with Crippen LogP contribution in [0.4, 0.5) is 0 Å². The van der Waals surface area contributed by atoms with Gasteiger partial charge in [-0.25, -0.2) is 4.79 Å². The second kappa shape index (κ2) is 9.80. The van der Waals surface area contributed by atoms with Crippen molar-refractivity contribution in [1.29, 1.82) is 0 Å². The number of hydrogen-bond acceptors (Lipinski definition) is 6. The molecule has 1 aromatic carbocycles. The Labute approximate surface area is 180 Å². The van der Waals surface area contributed by atoms with E-state index < -0.39 is 35.8 Å². The van der Waals surface area contributed by atoms with Crippen molar-refractivity contribution in [1.82, 2.24) is 10.2 Å². The van der Waals surface area contributed by atoms with Crippen LogP contribution in [-0.2, 0) is 14.4 Å². The molecular formula is C22H28N2O7. The highest BCUT2D eigenvalue weighted by Gasteiger charge is 2.41. The van der Waals surface area contributed by atoms with E-state index in [1.54, 1.807) is 25.1 Å². The topological polar surface area (TPSA) is 122 Å². The number of nitrogens with zero attached hydrogens (tertiary/aromatic N) is 1. The molecule has 3 amide bonds. The molecule has 1 aliphatic heterocycles. The minimum atomic E-state index is -1.25. The molecule has 2 aliphatic rings. The summed E-state index contributed by atoms with van der Waals surface area (Å²) >= 11 is 0. The lowest BCUT2D eigenvalue weighted by Crippen LogP contribution is -2.59. The number of rotatable bonds is 8. The van der Waals surface area contributed by atoms with E-state index in [0.717, 1.165) is 30.6 Å². The molecule has 1 aliphatic carbocycles. The van der Waals surface area contributed by atoms with Gasteiger partial charge in [0.05, 0.1) is 13.2 Å². The predicted octanol–water partition coefficient (Wildman–Crippen LogP) is 2.13. The number of benzene rings is 1. The number of carbonyl (C=O) groups excluding carboxylic acids is 3. The molecule has 1 saturated heterocycles. The quantitative estimate of drug-likeness (QED) is 0.603. The first-order chi connectivity index (χ1) is 14.8. The molecule has 1 saturated carbocycles. The molecule has 168 valence electrons. The van der Waals surface area contributed by atoms with Crippen LogP contribution in [0.3, 0.4) is 0 Å². The first-order valence-corrected chi connectivity index (χ1v) is 10.6. The minimum absolute atomic E-state index is 0.0148. The van der Waals surface area contributed by atoms with Crippen LogP contribution in [0.15, 0.2) is 18.2 Å². The van der Waals surface area contributed by atoms with E-state index in [-0.39, 0.29) is 30.9 Å². The number of hydrogen-bond donors (Lipinski definition) is 2. The fourth-order valence-electron chi connectivity index (χ4n) is 4.07. The van der Waals surface area contributed by atoms with Crippen molar-refractivity contribution >= 4 is 23.7 Å². The van der Waals surface area contributed by atoms with Crippen molar-refractivity contribution in [2.75, 3.05) is 7.11 Å². The zero-order chi connectivity index (χ0) is 22.5. The Balaban J connectivity index is 1.75. The van der Waals surface area contributed by atoms with Gasteiger partial charge in [-0.05, 0) is 56.7 Å². The molecule has 0 aromatic heterocycles. The maximum atomic E-state index is 12.8. The van der Waals surface area contributed by atoms with Gasteiger partial charge in [-0.1, -0.05) is 6.92 Å². The molecule has 0 radical (unpaired) electrons. The molecular weight excluding hydrogens is 404 g/mol. The number of likely N-dealkylation sites (tertiary alicyclic amines) is 1. The summed E-state index contributed by atoms with van der Waals surface area (Å²) in [6.45, 7) is 1.59. The van der Waals surface area contributed by atoms with Crippen molar-refractivity contribution in [3.8, 4) is 11.5 Å². The molecule has 2 atom stereocenters. The third-order valence-corrected chi connectivity index (χ3v) is 5.76. The van der Waals surface area contributed by atoms with Gasteiger partial charge in [0.25, 0.3) is 11.8 Å². The zero-order valence-electron chi connectivity index (χ0n) is 17.8. The lowest BCUT2D eigenvalue weighted by Gasteiger charge is -2.34. The smallest absolute Gasteiger partial charge is 0.326 e. The van der Waals surface area contributed by atoms with Crippen molar-refractivity contribution in [3.63, 3.8) is 0 Å². The molecule has 1 heterocycles. The first kappa shape index (κ1) is 22.6. The molecule has 9 heteroatoms. The Bertz CT molecular complexity index is 863. The molecule has 2 N–H and O–H groups in total. The highest BCUT2D eigenvalue weighted by Crippen LogP contribution is 2.32. The molecule has 0 spiro atoms. The Kier molecular flexibility index (Phi) is 7.14. The minimum Gasteiger partial charge on any atom is -0.493 e. The van der Waals surface area contributed by atoms with Gasteiger partial charge in [0.15, 0.2) is 11.5 Å². The van der Waals surface area contributed by atoms with Gasteiger partial charge < -0.3 is 19.9 Å². The number of carboxylic acid groups (broad SMARTS) is 1. The molecule has 0 bridgehead atoms. The summed E-state index contributed by atoms with van der Waals surface area (Å²) in [6.07, 6.45) is 4.37. The second-order valence-electron chi connectivity index (χ2n) is 7.82. The number of ether oxygens (including phenoxy) is 2. The summed E-state index contributed by atoms with van der Waals surface area (Å²) in [5, 5.41) is 12.0. The van der Waals surface area contributed by atoms with Crippen LogP contribution in [0.5, 0.6) is 11.5 Å². The molecule has 1 unspecified atom stereocenters. The molecule has 3 rings (SSSR count). The van der Waals surface area contributed by atoms with E-state index in [4.69, 9.17) is 9.47 Å². The number of carbonyl (C=O) groups is 4. The van der Waals surface area contributed by atoms with Crippen LogP contribution < -0.4 is 14.8 Å². The van der Waals surface area contributed by atoms with E-state index in [1.165, 1.54) is 7.11 Å². The number of aliphatic carboxylic acids is 1. The van der Waals surface area contributed by atoms with Crippen LogP contribution in [0.1, 0.15) is 62.2 Å².